The smallest absolute Gasteiger partial charge is 0.00206 e. The third-order valence-electron chi connectivity index (χ3n) is 4.57. The molecule has 4 atom stereocenters. The lowest BCUT2D eigenvalue weighted by Crippen LogP contribution is -2.32. The molecule has 0 heterocycles. The average molecular weight is 225 g/mol. The molecule has 0 saturated heterocycles. The van der Waals surface area contributed by atoms with Gasteiger partial charge < -0.3 is 5.32 Å². The Morgan fingerprint density at radius 1 is 1.06 bits per heavy atom. The van der Waals surface area contributed by atoms with Gasteiger partial charge in [-0.3, -0.25) is 0 Å². The van der Waals surface area contributed by atoms with Crippen molar-refractivity contribution in [1.29, 1.82) is 0 Å². The molecule has 1 aliphatic rings. The Morgan fingerprint density at radius 2 is 1.62 bits per heavy atom. The van der Waals surface area contributed by atoms with Crippen molar-refractivity contribution in [2.24, 2.45) is 29.6 Å². The van der Waals surface area contributed by atoms with Crippen molar-refractivity contribution >= 4 is 0 Å². The van der Waals surface area contributed by atoms with E-state index in [1.807, 2.05) is 0 Å². The molecule has 16 heavy (non-hydrogen) atoms. The van der Waals surface area contributed by atoms with Crippen LogP contribution >= 0.6 is 0 Å². The second kappa shape index (κ2) is 6.64. The lowest BCUT2D eigenvalue weighted by Gasteiger charge is -2.37. The van der Waals surface area contributed by atoms with Crippen LogP contribution in [0.3, 0.4) is 0 Å². The predicted octanol–water partition coefficient (Wildman–Crippen LogP) is 3.94. The van der Waals surface area contributed by atoms with Crippen LogP contribution in [0.5, 0.6) is 0 Å². The van der Waals surface area contributed by atoms with Crippen molar-refractivity contribution < 1.29 is 0 Å². The summed E-state index contributed by atoms with van der Waals surface area (Å²) in [6.45, 7) is 14.2. The normalized spacial score (nSPS) is 34.7. The van der Waals surface area contributed by atoms with E-state index in [9.17, 15) is 0 Å². The summed E-state index contributed by atoms with van der Waals surface area (Å²) in [7, 11) is 0. The van der Waals surface area contributed by atoms with E-state index in [0.29, 0.717) is 0 Å². The summed E-state index contributed by atoms with van der Waals surface area (Å²) in [4.78, 5) is 0. The number of hydrogen-bond donors (Lipinski definition) is 1. The second-order valence-corrected chi connectivity index (χ2v) is 6.32. The Balaban J connectivity index is 2.42. The first kappa shape index (κ1) is 14.0. The van der Waals surface area contributed by atoms with Crippen molar-refractivity contribution in [3.05, 3.63) is 0 Å². The number of hydrogen-bond acceptors (Lipinski definition) is 1. The molecule has 0 bridgehead atoms. The molecule has 0 amide bonds. The van der Waals surface area contributed by atoms with E-state index in [0.717, 1.165) is 36.1 Å². The Labute approximate surface area is 102 Å². The lowest BCUT2D eigenvalue weighted by atomic mass is 9.69. The van der Waals surface area contributed by atoms with Gasteiger partial charge in [-0.05, 0) is 61.9 Å². The zero-order valence-electron chi connectivity index (χ0n) is 11.9. The molecule has 96 valence electrons. The van der Waals surface area contributed by atoms with E-state index in [2.05, 4.69) is 39.9 Å². The van der Waals surface area contributed by atoms with Crippen molar-refractivity contribution in [2.75, 3.05) is 13.1 Å². The third kappa shape index (κ3) is 4.08. The highest BCUT2D eigenvalue weighted by atomic mass is 14.8. The first-order valence-corrected chi connectivity index (χ1v) is 7.25. The van der Waals surface area contributed by atoms with Crippen LogP contribution in [0.15, 0.2) is 0 Å². The first-order valence-electron chi connectivity index (χ1n) is 7.25. The maximum absolute atomic E-state index is 3.49. The van der Waals surface area contributed by atoms with Crippen molar-refractivity contribution in [1.82, 2.24) is 5.32 Å². The summed E-state index contributed by atoms with van der Waals surface area (Å²) in [5.74, 6) is 4.56. The highest BCUT2D eigenvalue weighted by Crippen LogP contribution is 2.39. The number of rotatable bonds is 5. The molecule has 0 spiro atoms. The van der Waals surface area contributed by atoms with Crippen LogP contribution in [0.4, 0.5) is 0 Å². The molecule has 0 aromatic rings. The van der Waals surface area contributed by atoms with Crippen LogP contribution < -0.4 is 5.32 Å². The second-order valence-electron chi connectivity index (χ2n) is 6.32. The molecule has 0 aliphatic heterocycles. The van der Waals surface area contributed by atoms with Crippen LogP contribution in [-0.4, -0.2) is 13.1 Å². The summed E-state index contributed by atoms with van der Waals surface area (Å²) < 4.78 is 0. The molecule has 1 aliphatic carbocycles. The third-order valence-corrected chi connectivity index (χ3v) is 4.57. The summed E-state index contributed by atoms with van der Waals surface area (Å²) in [6.07, 6.45) is 4.37. The van der Waals surface area contributed by atoms with Crippen LogP contribution in [0, 0.1) is 29.6 Å². The molecule has 4 unspecified atom stereocenters. The van der Waals surface area contributed by atoms with Crippen LogP contribution in [-0.2, 0) is 0 Å². The minimum Gasteiger partial charge on any atom is -0.317 e. The van der Waals surface area contributed by atoms with Crippen LogP contribution in [0.1, 0.15) is 53.9 Å². The van der Waals surface area contributed by atoms with Gasteiger partial charge in [-0.1, -0.05) is 34.6 Å². The maximum atomic E-state index is 3.49. The van der Waals surface area contributed by atoms with Crippen molar-refractivity contribution in [2.45, 2.75) is 53.9 Å². The van der Waals surface area contributed by atoms with E-state index in [-0.39, 0.29) is 0 Å². The predicted molar refractivity (Wildman–Crippen MR) is 72.5 cm³/mol. The largest absolute Gasteiger partial charge is 0.317 e. The fourth-order valence-corrected chi connectivity index (χ4v) is 3.46. The molecule has 1 N–H and O–H groups in total. The number of nitrogens with one attached hydrogen (secondary N) is 1. The van der Waals surface area contributed by atoms with Gasteiger partial charge in [0.2, 0.25) is 0 Å². The van der Waals surface area contributed by atoms with Gasteiger partial charge in [-0.25, -0.2) is 0 Å². The fourth-order valence-electron chi connectivity index (χ4n) is 3.46. The lowest BCUT2D eigenvalue weighted by molar-refractivity contribution is 0.136. The highest BCUT2D eigenvalue weighted by Gasteiger charge is 2.29. The van der Waals surface area contributed by atoms with Crippen molar-refractivity contribution in [3.8, 4) is 0 Å². The molecule has 0 radical (unpaired) electrons. The molecule has 1 rings (SSSR count). The molecular formula is C15H31N. The van der Waals surface area contributed by atoms with E-state index in [1.165, 1.54) is 25.8 Å². The van der Waals surface area contributed by atoms with Gasteiger partial charge in [0.25, 0.3) is 0 Å². The molecule has 0 aromatic carbocycles. The molecule has 0 aromatic heterocycles. The Morgan fingerprint density at radius 3 is 2.12 bits per heavy atom. The van der Waals surface area contributed by atoms with Crippen molar-refractivity contribution in [3.63, 3.8) is 0 Å². The van der Waals surface area contributed by atoms with Gasteiger partial charge in [0, 0.05) is 0 Å². The Bertz CT molecular complexity index is 180. The van der Waals surface area contributed by atoms with Crippen LogP contribution in [0.25, 0.3) is 0 Å². The molecular weight excluding hydrogens is 194 g/mol. The maximum Gasteiger partial charge on any atom is -0.00206 e. The van der Waals surface area contributed by atoms with Gasteiger partial charge in [-0.2, -0.15) is 0 Å². The quantitative estimate of drug-likeness (QED) is 0.747. The minimum absolute atomic E-state index is 0.822. The highest BCUT2D eigenvalue weighted by molar-refractivity contribution is 4.80. The first-order chi connectivity index (χ1) is 7.54. The SMILES string of the molecule is CCNCC(C)C(C)C1CC(C)CC(C)C1. The van der Waals surface area contributed by atoms with Gasteiger partial charge in [0.15, 0.2) is 0 Å². The Hall–Kier alpha value is -0.0400. The van der Waals surface area contributed by atoms with Crippen LogP contribution in [0.2, 0.25) is 0 Å². The zero-order chi connectivity index (χ0) is 12.1. The Kier molecular flexibility index (Phi) is 5.82. The van der Waals surface area contributed by atoms with E-state index in [1.54, 1.807) is 0 Å². The molecule has 1 nitrogen and oxygen atoms in total. The zero-order valence-corrected chi connectivity index (χ0v) is 11.9. The van der Waals surface area contributed by atoms with Gasteiger partial charge >= 0.3 is 0 Å². The topological polar surface area (TPSA) is 12.0 Å². The van der Waals surface area contributed by atoms with E-state index < -0.39 is 0 Å². The minimum atomic E-state index is 0.822. The summed E-state index contributed by atoms with van der Waals surface area (Å²) in [5.41, 5.74) is 0. The summed E-state index contributed by atoms with van der Waals surface area (Å²) in [6, 6.07) is 0. The summed E-state index contributed by atoms with van der Waals surface area (Å²) in [5, 5.41) is 3.49. The standard InChI is InChI=1S/C15H31N/c1-6-16-10-13(4)14(5)15-8-11(2)7-12(3)9-15/h11-16H,6-10H2,1-5H3. The van der Waals surface area contributed by atoms with Gasteiger partial charge in [-0.15, -0.1) is 0 Å². The molecule has 1 saturated carbocycles. The molecule has 1 heteroatoms. The fraction of sp³-hybridized carbons (Fsp3) is 1.00. The average Bonchev–Trinajstić information content (AvgIpc) is 2.23. The van der Waals surface area contributed by atoms with Gasteiger partial charge in [0.05, 0.1) is 0 Å². The summed E-state index contributed by atoms with van der Waals surface area (Å²) >= 11 is 0. The monoisotopic (exact) mass is 225 g/mol. The van der Waals surface area contributed by atoms with E-state index in [4.69, 9.17) is 0 Å². The van der Waals surface area contributed by atoms with Gasteiger partial charge in [0.1, 0.15) is 0 Å². The van der Waals surface area contributed by atoms with E-state index >= 15 is 0 Å². The molecule has 1 fully saturated rings.